The molecule has 30 heterocycles. The molecule has 16 bridgehead atoms. The number of carboxylic acid groups (broad SMARTS) is 1. The fourth-order valence-corrected chi connectivity index (χ4v) is 13.9. The van der Waals surface area contributed by atoms with Crippen molar-refractivity contribution in [3.8, 4) is 0 Å². The standard InChI is InChI=1S/C55H84O41S/c56-5-14-39-23(63)31(71)48(81-14)90-40-15(6-57)83-50(33(73)25(40)65)92-42-17(8-59)85-52(35(75)27(42)67)94-44-19(10-61)87-54(37(77)29(44)69)96-46-21(12-97-22-4-2-1-3-13(22)47(79)80)88-55(38(78)30(46)70)95-45-20(11-62)86-53(36(76)28(45)68)93-43-18(9-60)84-51(34(74)26(43)66)91-41-16(7-58)82-49(89-39)32(72)24(41)64/h1-4,14-21,23-46,48-78H,5-12H2,(H,79,80)/t14-,15-,16-,17-,18-,19-,20-,21-,23-,24-,25-,26-,27-,28-,29-,30-,31-,32-,33-,34-,35-,36-,37-,38-,39-,40-,41-,42-,43-,44-,45-,46-,48-,49-,50-,51-,52-,53-,54-,55-/m1/s1. The number of thioether (sulfide) groups is 1. The summed E-state index contributed by atoms with van der Waals surface area (Å²) in [6.45, 7) is -7.68. The lowest BCUT2D eigenvalue weighted by Crippen LogP contribution is -2.69. The van der Waals surface area contributed by atoms with Crippen molar-refractivity contribution in [3.05, 3.63) is 29.8 Å². The van der Waals surface area contributed by atoms with Crippen LogP contribution in [0.15, 0.2) is 29.2 Å². The van der Waals surface area contributed by atoms with Gasteiger partial charge < -0.3 is 198 Å². The zero-order valence-electron chi connectivity index (χ0n) is 50.6. The smallest absolute Gasteiger partial charge is 0.336 e. The maximum absolute atomic E-state index is 12.2. The highest BCUT2D eigenvalue weighted by atomic mass is 32.2. The Kier molecular flexibility index (Phi) is 26.3. The molecule has 0 aliphatic carbocycles. The van der Waals surface area contributed by atoms with Crippen LogP contribution in [0, 0.1) is 0 Å². The lowest BCUT2D eigenvalue weighted by atomic mass is 9.95. The molecule has 0 amide bonds. The quantitative estimate of drug-likeness (QED) is 0.0915. The first-order valence-corrected chi connectivity index (χ1v) is 31.8. The summed E-state index contributed by atoms with van der Waals surface area (Å²) in [6.07, 6.45) is -82.8. The van der Waals surface area contributed by atoms with Crippen molar-refractivity contribution < 1.29 is 203 Å². The number of ether oxygens (including phenoxy) is 16. The lowest BCUT2D eigenvalue weighted by Gasteiger charge is -2.50. The van der Waals surface area contributed by atoms with Gasteiger partial charge in [0.2, 0.25) is 0 Å². The van der Waals surface area contributed by atoms with E-state index < -0.39 is 304 Å². The molecule has 0 spiro atoms. The van der Waals surface area contributed by atoms with E-state index in [0.29, 0.717) is 0 Å². The largest absolute Gasteiger partial charge is 0.478 e. The Labute approximate surface area is 551 Å². The average molecular weight is 1430 g/mol. The number of benzene rings is 1. The molecule has 0 saturated carbocycles. The summed E-state index contributed by atoms with van der Waals surface area (Å²) in [5, 5.41) is 268. The van der Waals surface area contributed by atoms with Crippen molar-refractivity contribution in [2.24, 2.45) is 0 Å². The summed E-state index contributed by atoms with van der Waals surface area (Å²) >= 11 is 0.793. The maximum atomic E-state index is 12.2. The third kappa shape index (κ3) is 15.7. The summed E-state index contributed by atoms with van der Waals surface area (Å²) in [4.78, 5) is 12.4. The van der Waals surface area contributed by atoms with Gasteiger partial charge in [-0.2, -0.15) is 0 Å². The second-order valence-corrected chi connectivity index (χ2v) is 25.5. The Morgan fingerprint density at radius 2 is 0.443 bits per heavy atom. The van der Waals surface area contributed by atoms with Crippen molar-refractivity contribution >= 4 is 17.7 Å². The van der Waals surface area contributed by atoms with Crippen LogP contribution in [-0.4, -0.2) is 426 Å². The molecule has 31 rings (SSSR count). The first-order valence-electron chi connectivity index (χ1n) is 30.8. The van der Waals surface area contributed by atoms with Gasteiger partial charge in [0.25, 0.3) is 0 Å². The molecular weight excluding hydrogens is 1350 g/mol. The lowest BCUT2D eigenvalue weighted by molar-refractivity contribution is -0.403. The minimum Gasteiger partial charge on any atom is -0.478 e. The molecule has 41 nitrogen and oxygen atoms in total. The minimum atomic E-state index is -2.29. The molecule has 556 valence electrons. The highest BCUT2D eigenvalue weighted by molar-refractivity contribution is 7.99. The Bertz CT molecular complexity index is 2630. The molecule has 1 aromatic carbocycles. The molecular formula is C55H84O41S. The normalized spacial score (nSPS) is 51.2. The molecule has 30 aliphatic heterocycles. The average Bonchev–Trinajstić information content (AvgIpc) is 0.780. The van der Waals surface area contributed by atoms with Crippen LogP contribution in [-0.2, 0) is 75.8 Å². The number of hydrogen-bond donors (Lipinski definition) is 24. The Hall–Kier alpha value is -2.52. The number of hydrogen-bond acceptors (Lipinski definition) is 41. The zero-order chi connectivity index (χ0) is 70.3. The third-order valence-corrected chi connectivity index (χ3v) is 19.4. The molecule has 30 saturated heterocycles. The van der Waals surface area contributed by atoms with Gasteiger partial charge in [0.15, 0.2) is 50.3 Å². The van der Waals surface area contributed by atoms with Gasteiger partial charge in [-0.3, -0.25) is 0 Å². The van der Waals surface area contributed by atoms with Gasteiger partial charge in [0.05, 0.1) is 57.9 Å². The minimum absolute atomic E-state index is 0.110. The number of carboxylic acids is 1. The monoisotopic (exact) mass is 1430 g/mol. The molecule has 0 unspecified atom stereocenters. The SMILES string of the molecule is O=C(O)c1ccccc1SC[C@H]1O[C@@H]2O[C@H]3[C@H](O)[C@@H](O)[C@@H](O[C@H]4[C@H](O)[C@@H](O)[C@@H](O[C@H]5[C@H](O)[C@@H](O)[C@@H](O[C@H]6[C@H](O)[C@@H](O)[C@@H](O[C@H]7[C@H](O)[C@@H](O)[C@@H](O[C@H]8[C@H](O)[C@@H](O)[C@@H](O[C@H]9[C@H](O)[C@@H](O)[C@@H](O[C@H]1[C@H](O)[C@H]2O)O[C@@H]9CO)O[C@@H]8CO)O[C@@H]7CO)O[C@@H]6CO)O[C@@H]5CO)O[C@@H]4CO)O[C@@H]3CO. The van der Waals surface area contributed by atoms with Crippen LogP contribution in [0.25, 0.3) is 0 Å². The summed E-state index contributed by atoms with van der Waals surface area (Å²) in [5.74, 6) is -1.81. The molecule has 40 atom stereocenters. The molecule has 30 fully saturated rings. The Balaban J connectivity index is 0.936. The van der Waals surface area contributed by atoms with E-state index in [1.807, 2.05) is 0 Å². The molecule has 30 aliphatic rings. The topological polar surface area (TPSA) is 650 Å². The first-order chi connectivity index (χ1) is 46.2. The predicted octanol–water partition coefficient (Wildman–Crippen LogP) is -14.9. The van der Waals surface area contributed by atoms with Crippen LogP contribution >= 0.6 is 11.8 Å². The van der Waals surface area contributed by atoms with Crippen LogP contribution in [0.4, 0.5) is 0 Å². The molecule has 97 heavy (non-hydrogen) atoms. The molecule has 0 aromatic heterocycles. The fraction of sp³-hybridized carbons (Fsp3) is 0.873. The number of aliphatic hydroxyl groups excluding tert-OH is 23. The van der Waals surface area contributed by atoms with E-state index >= 15 is 0 Å². The van der Waals surface area contributed by atoms with E-state index in [0.717, 1.165) is 11.8 Å². The van der Waals surface area contributed by atoms with Gasteiger partial charge in [-0.15, -0.1) is 11.8 Å². The Morgan fingerprint density at radius 3 is 0.629 bits per heavy atom. The van der Waals surface area contributed by atoms with Crippen molar-refractivity contribution in [3.63, 3.8) is 0 Å². The predicted molar refractivity (Wildman–Crippen MR) is 298 cm³/mol. The molecule has 24 N–H and O–H groups in total. The summed E-state index contributed by atoms with van der Waals surface area (Å²) < 4.78 is 92.8. The second-order valence-electron chi connectivity index (χ2n) is 24.4. The van der Waals surface area contributed by atoms with Gasteiger partial charge in [0.1, 0.15) is 189 Å². The number of aromatic carboxylic acids is 1. The van der Waals surface area contributed by atoms with E-state index in [2.05, 4.69) is 0 Å². The van der Waals surface area contributed by atoms with Crippen molar-refractivity contribution in [2.75, 3.05) is 52.0 Å². The number of aliphatic hydroxyl groups is 23. The van der Waals surface area contributed by atoms with Crippen LogP contribution in [0.5, 0.6) is 0 Å². The third-order valence-electron chi connectivity index (χ3n) is 18.2. The fourth-order valence-electron chi connectivity index (χ4n) is 12.8. The van der Waals surface area contributed by atoms with E-state index in [9.17, 15) is 127 Å². The van der Waals surface area contributed by atoms with E-state index in [4.69, 9.17) is 75.8 Å². The number of carbonyl (C=O) groups is 1. The van der Waals surface area contributed by atoms with E-state index in [1.54, 1.807) is 0 Å². The highest BCUT2D eigenvalue weighted by Gasteiger charge is 2.60. The van der Waals surface area contributed by atoms with Gasteiger partial charge >= 0.3 is 5.97 Å². The van der Waals surface area contributed by atoms with Gasteiger partial charge in [-0.05, 0) is 12.1 Å². The van der Waals surface area contributed by atoms with Gasteiger partial charge in [0, 0.05) is 10.6 Å². The van der Waals surface area contributed by atoms with E-state index in [-0.39, 0.29) is 10.5 Å². The highest BCUT2D eigenvalue weighted by Crippen LogP contribution is 2.41. The van der Waals surface area contributed by atoms with Gasteiger partial charge in [-0.1, -0.05) is 12.1 Å². The first kappa shape index (κ1) is 77.1. The molecule has 1 aromatic rings. The second kappa shape index (κ2) is 33.1. The summed E-state index contributed by atoms with van der Waals surface area (Å²) in [7, 11) is 0. The maximum Gasteiger partial charge on any atom is 0.336 e. The number of rotatable bonds is 11. The van der Waals surface area contributed by atoms with E-state index in [1.165, 1.54) is 24.3 Å². The van der Waals surface area contributed by atoms with Gasteiger partial charge in [-0.25, -0.2) is 4.79 Å². The Morgan fingerprint density at radius 1 is 0.268 bits per heavy atom. The van der Waals surface area contributed by atoms with Crippen molar-refractivity contribution in [1.29, 1.82) is 0 Å². The molecule has 0 radical (unpaired) electrons. The zero-order valence-corrected chi connectivity index (χ0v) is 51.5. The van der Waals surface area contributed by atoms with Crippen LogP contribution in [0.3, 0.4) is 0 Å². The van der Waals surface area contributed by atoms with Crippen LogP contribution in [0.1, 0.15) is 10.4 Å². The van der Waals surface area contributed by atoms with Crippen LogP contribution < -0.4 is 0 Å². The van der Waals surface area contributed by atoms with Crippen LogP contribution in [0.2, 0.25) is 0 Å². The van der Waals surface area contributed by atoms with Crippen molar-refractivity contribution in [2.45, 2.75) is 251 Å². The van der Waals surface area contributed by atoms with Crippen molar-refractivity contribution in [1.82, 2.24) is 0 Å². The summed E-state index contributed by atoms with van der Waals surface area (Å²) in [5.41, 5.74) is -0.214. The summed E-state index contributed by atoms with van der Waals surface area (Å²) in [6, 6.07) is 5.57. The molecule has 42 heteroatoms.